The van der Waals surface area contributed by atoms with Crippen molar-refractivity contribution >= 4 is 5.82 Å². The van der Waals surface area contributed by atoms with E-state index in [1.807, 2.05) is 0 Å². The summed E-state index contributed by atoms with van der Waals surface area (Å²) in [7, 11) is 0. The van der Waals surface area contributed by atoms with Crippen LogP contribution in [0.2, 0.25) is 0 Å². The Bertz CT molecular complexity index is 302. The predicted molar refractivity (Wildman–Crippen MR) is 54.9 cm³/mol. The van der Waals surface area contributed by atoms with Crippen LogP contribution in [0.1, 0.15) is 43.5 Å². The van der Waals surface area contributed by atoms with E-state index in [0.29, 0.717) is 5.82 Å². The number of nitrogens with two attached hydrogens (primary N) is 1. The summed E-state index contributed by atoms with van der Waals surface area (Å²) < 4.78 is 5.69. The van der Waals surface area contributed by atoms with Crippen molar-refractivity contribution in [3.63, 3.8) is 0 Å². The minimum atomic E-state index is 0.184. The van der Waals surface area contributed by atoms with Gasteiger partial charge in [-0.3, -0.25) is 5.10 Å². The van der Waals surface area contributed by atoms with Crippen molar-refractivity contribution in [2.24, 2.45) is 0 Å². The predicted octanol–water partition coefficient (Wildman–Crippen LogP) is 1.80. The molecule has 0 amide bonds. The average Bonchev–Trinajstić information content (AvgIpc) is 2.61. The van der Waals surface area contributed by atoms with Crippen LogP contribution in [0.25, 0.3) is 0 Å². The molecule has 1 unspecified atom stereocenters. The lowest BCUT2D eigenvalue weighted by Gasteiger charge is -2.22. The minimum Gasteiger partial charge on any atom is -0.382 e. The number of nitrogens with one attached hydrogen (secondary N) is 1. The molecule has 1 saturated heterocycles. The topological polar surface area (TPSA) is 63.9 Å². The zero-order chi connectivity index (χ0) is 9.97. The van der Waals surface area contributed by atoms with Crippen LogP contribution in [0.15, 0.2) is 0 Å². The van der Waals surface area contributed by atoms with Crippen LogP contribution in [0.5, 0.6) is 0 Å². The second-order valence-electron chi connectivity index (χ2n) is 3.71. The van der Waals surface area contributed by atoms with Crippen LogP contribution in [0.3, 0.4) is 0 Å². The Hall–Kier alpha value is -1.03. The Morgan fingerprint density at radius 3 is 3.07 bits per heavy atom. The van der Waals surface area contributed by atoms with Crippen molar-refractivity contribution in [1.29, 1.82) is 0 Å². The molecule has 2 rings (SSSR count). The number of anilines is 1. The maximum atomic E-state index is 5.76. The first kappa shape index (κ1) is 9.52. The molecule has 3 N–H and O–H groups in total. The van der Waals surface area contributed by atoms with Gasteiger partial charge in [0.15, 0.2) is 0 Å². The van der Waals surface area contributed by atoms with Crippen LogP contribution in [0, 0.1) is 0 Å². The Labute approximate surface area is 83.8 Å². The largest absolute Gasteiger partial charge is 0.382 e. The molecule has 4 nitrogen and oxygen atoms in total. The first-order chi connectivity index (χ1) is 6.83. The van der Waals surface area contributed by atoms with E-state index in [-0.39, 0.29) is 6.10 Å². The van der Waals surface area contributed by atoms with Gasteiger partial charge in [0.25, 0.3) is 0 Å². The molecular weight excluding hydrogens is 178 g/mol. The minimum absolute atomic E-state index is 0.184. The van der Waals surface area contributed by atoms with Gasteiger partial charge in [0.05, 0.1) is 11.8 Å². The van der Waals surface area contributed by atoms with Gasteiger partial charge in [0.2, 0.25) is 0 Å². The molecule has 1 fully saturated rings. The molecule has 0 spiro atoms. The molecule has 1 aromatic heterocycles. The first-order valence-electron chi connectivity index (χ1n) is 5.27. The number of nitrogen functional groups attached to an aromatic ring is 1. The molecule has 0 aliphatic carbocycles. The fourth-order valence-corrected chi connectivity index (χ4v) is 2.00. The van der Waals surface area contributed by atoms with Gasteiger partial charge in [0.1, 0.15) is 5.82 Å². The van der Waals surface area contributed by atoms with Crippen LogP contribution in [-0.4, -0.2) is 16.8 Å². The summed E-state index contributed by atoms with van der Waals surface area (Å²) in [5.41, 5.74) is 7.97. The molecule has 1 aliphatic heterocycles. The summed E-state index contributed by atoms with van der Waals surface area (Å²) in [4.78, 5) is 0. The van der Waals surface area contributed by atoms with E-state index in [2.05, 4.69) is 17.1 Å². The van der Waals surface area contributed by atoms with Gasteiger partial charge in [-0.1, -0.05) is 6.92 Å². The summed E-state index contributed by atoms with van der Waals surface area (Å²) >= 11 is 0. The second-order valence-corrected chi connectivity index (χ2v) is 3.71. The molecule has 0 aromatic carbocycles. The number of H-pyrrole nitrogens is 1. The maximum absolute atomic E-state index is 5.76. The summed E-state index contributed by atoms with van der Waals surface area (Å²) in [6.07, 6.45) is 4.57. The summed E-state index contributed by atoms with van der Waals surface area (Å²) in [5.74, 6) is 0.622. The first-order valence-corrected chi connectivity index (χ1v) is 5.27. The third-order valence-electron chi connectivity index (χ3n) is 2.79. The van der Waals surface area contributed by atoms with E-state index in [4.69, 9.17) is 10.5 Å². The van der Waals surface area contributed by atoms with Gasteiger partial charge in [-0.25, -0.2) is 0 Å². The Kier molecular flexibility index (Phi) is 2.72. The highest BCUT2D eigenvalue weighted by atomic mass is 16.5. The lowest BCUT2D eigenvalue weighted by atomic mass is 10.0. The van der Waals surface area contributed by atoms with Crippen LogP contribution in [-0.2, 0) is 11.2 Å². The summed E-state index contributed by atoms with van der Waals surface area (Å²) in [6.45, 7) is 2.94. The summed E-state index contributed by atoms with van der Waals surface area (Å²) in [6, 6.07) is 0. The molecule has 14 heavy (non-hydrogen) atoms. The van der Waals surface area contributed by atoms with E-state index in [1.165, 1.54) is 12.8 Å². The highest BCUT2D eigenvalue weighted by Crippen LogP contribution is 2.30. The zero-order valence-corrected chi connectivity index (χ0v) is 8.55. The standard InChI is InChI=1S/C10H17N3O/c1-2-7-9(12-13-10(7)11)8-5-3-4-6-14-8/h8H,2-6H2,1H3,(H3,11,12,13). The van der Waals surface area contributed by atoms with Crippen LogP contribution < -0.4 is 5.73 Å². The van der Waals surface area contributed by atoms with E-state index >= 15 is 0 Å². The van der Waals surface area contributed by atoms with Crippen molar-refractivity contribution in [2.75, 3.05) is 12.3 Å². The monoisotopic (exact) mass is 195 g/mol. The molecule has 0 radical (unpaired) electrons. The molecular formula is C10H17N3O. The van der Waals surface area contributed by atoms with Gasteiger partial charge in [-0.2, -0.15) is 5.10 Å². The quantitative estimate of drug-likeness (QED) is 0.756. The highest BCUT2D eigenvalue weighted by molar-refractivity contribution is 5.42. The van der Waals surface area contributed by atoms with E-state index in [1.54, 1.807) is 0 Å². The van der Waals surface area contributed by atoms with E-state index in [9.17, 15) is 0 Å². The van der Waals surface area contributed by atoms with Crippen molar-refractivity contribution in [1.82, 2.24) is 10.2 Å². The molecule has 2 heterocycles. The van der Waals surface area contributed by atoms with E-state index in [0.717, 1.165) is 30.7 Å². The number of aromatic amines is 1. The van der Waals surface area contributed by atoms with Crippen molar-refractivity contribution in [2.45, 2.75) is 38.7 Å². The normalized spacial score (nSPS) is 22.5. The van der Waals surface area contributed by atoms with Gasteiger partial charge in [0, 0.05) is 12.2 Å². The third kappa shape index (κ3) is 1.62. The second kappa shape index (κ2) is 4.00. The van der Waals surface area contributed by atoms with Crippen LogP contribution >= 0.6 is 0 Å². The van der Waals surface area contributed by atoms with Gasteiger partial charge in [-0.15, -0.1) is 0 Å². The van der Waals surface area contributed by atoms with Crippen molar-refractivity contribution in [3.05, 3.63) is 11.3 Å². The number of ether oxygens (including phenoxy) is 1. The SMILES string of the molecule is CCc1c(N)n[nH]c1C1CCCCO1. The maximum Gasteiger partial charge on any atom is 0.148 e. The van der Waals surface area contributed by atoms with Crippen LogP contribution in [0.4, 0.5) is 5.82 Å². The van der Waals surface area contributed by atoms with Gasteiger partial charge >= 0.3 is 0 Å². The Morgan fingerprint density at radius 2 is 2.43 bits per heavy atom. The third-order valence-corrected chi connectivity index (χ3v) is 2.79. The lowest BCUT2D eigenvalue weighted by molar-refractivity contribution is 0.0118. The van der Waals surface area contributed by atoms with E-state index < -0.39 is 0 Å². The fraction of sp³-hybridized carbons (Fsp3) is 0.700. The summed E-state index contributed by atoms with van der Waals surface area (Å²) in [5, 5.41) is 7.03. The van der Waals surface area contributed by atoms with Gasteiger partial charge < -0.3 is 10.5 Å². The van der Waals surface area contributed by atoms with Crippen molar-refractivity contribution in [3.8, 4) is 0 Å². The number of nitrogens with zero attached hydrogens (tertiary/aromatic N) is 1. The number of rotatable bonds is 2. The smallest absolute Gasteiger partial charge is 0.148 e. The molecule has 1 aromatic rings. The van der Waals surface area contributed by atoms with Crippen molar-refractivity contribution < 1.29 is 4.74 Å². The zero-order valence-electron chi connectivity index (χ0n) is 8.55. The molecule has 4 heteroatoms. The number of aromatic nitrogens is 2. The molecule has 0 saturated carbocycles. The number of hydrogen-bond acceptors (Lipinski definition) is 3. The van der Waals surface area contributed by atoms with Gasteiger partial charge in [-0.05, 0) is 25.7 Å². The lowest BCUT2D eigenvalue weighted by Crippen LogP contribution is -2.13. The molecule has 1 atom stereocenters. The molecule has 78 valence electrons. The Morgan fingerprint density at radius 1 is 1.57 bits per heavy atom. The fourth-order valence-electron chi connectivity index (χ4n) is 2.00. The Balaban J connectivity index is 2.21. The molecule has 0 bridgehead atoms. The average molecular weight is 195 g/mol. The highest BCUT2D eigenvalue weighted by Gasteiger charge is 2.21. The number of hydrogen-bond donors (Lipinski definition) is 2. The molecule has 1 aliphatic rings.